The predicted molar refractivity (Wildman–Crippen MR) is 63.7 cm³/mol. The Balaban J connectivity index is 2.65. The van der Waals surface area contributed by atoms with E-state index in [1.165, 1.54) is 6.07 Å². The summed E-state index contributed by atoms with van der Waals surface area (Å²) in [6.45, 7) is 4.51. The van der Waals surface area contributed by atoms with Crippen LogP contribution in [0.4, 0.5) is 4.39 Å². The molecule has 0 aliphatic heterocycles. The first kappa shape index (κ1) is 13.1. The van der Waals surface area contributed by atoms with E-state index >= 15 is 0 Å². The molecular weight excluding hydrogens is 205 g/mol. The Bertz CT molecular complexity index is 341. The largest absolute Gasteiger partial charge is 0.384 e. The third-order valence-electron chi connectivity index (χ3n) is 2.73. The molecule has 2 nitrogen and oxygen atoms in total. The van der Waals surface area contributed by atoms with Gasteiger partial charge in [-0.25, -0.2) is 4.39 Å². The van der Waals surface area contributed by atoms with Crippen LogP contribution in [0.2, 0.25) is 0 Å². The maximum atomic E-state index is 13.3. The minimum atomic E-state index is -0.188. The van der Waals surface area contributed by atoms with E-state index in [0.717, 1.165) is 12.0 Å². The molecule has 3 heteroatoms. The van der Waals surface area contributed by atoms with Gasteiger partial charge >= 0.3 is 0 Å². The van der Waals surface area contributed by atoms with Crippen LogP contribution in [0.5, 0.6) is 0 Å². The molecule has 2 unspecified atom stereocenters. The maximum Gasteiger partial charge on any atom is 0.126 e. The van der Waals surface area contributed by atoms with Gasteiger partial charge < -0.3 is 10.5 Å². The lowest BCUT2D eigenvalue weighted by Crippen LogP contribution is -2.16. The number of hydrogen-bond acceptors (Lipinski definition) is 2. The van der Waals surface area contributed by atoms with Gasteiger partial charge in [0.1, 0.15) is 5.82 Å². The number of nitrogens with two attached hydrogens (primary N) is 1. The quantitative estimate of drug-likeness (QED) is 0.836. The van der Waals surface area contributed by atoms with Crippen molar-refractivity contribution in [3.8, 4) is 0 Å². The fourth-order valence-electron chi connectivity index (χ4n) is 1.76. The van der Waals surface area contributed by atoms with E-state index in [2.05, 4.69) is 6.92 Å². The summed E-state index contributed by atoms with van der Waals surface area (Å²) in [7, 11) is 1.67. The van der Waals surface area contributed by atoms with Crippen molar-refractivity contribution in [2.75, 3.05) is 13.7 Å². The van der Waals surface area contributed by atoms with E-state index in [9.17, 15) is 4.39 Å². The van der Waals surface area contributed by atoms with Crippen molar-refractivity contribution >= 4 is 0 Å². The van der Waals surface area contributed by atoms with Gasteiger partial charge in [-0.1, -0.05) is 19.1 Å². The second kappa shape index (κ2) is 5.97. The highest BCUT2D eigenvalue weighted by Crippen LogP contribution is 2.21. The summed E-state index contributed by atoms with van der Waals surface area (Å²) in [5.41, 5.74) is 7.53. The number of benzene rings is 1. The van der Waals surface area contributed by atoms with Crippen molar-refractivity contribution in [3.63, 3.8) is 0 Å². The Hall–Kier alpha value is -0.930. The van der Waals surface area contributed by atoms with Gasteiger partial charge in [-0.2, -0.15) is 0 Å². The molecule has 16 heavy (non-hydrogen) atoms. The summed E-state index contributed by atoms with van der Waals surface area (Å²) in [5.74, 6) is 0.191. The van der Waals surface area contributed by atoms with E-state index in [1.54, 1.807) is 20.1 Å². The first-order valence-corrected chi connectivity index (χ1v) is 5.55. The Morgan fingerprint density at radius 2 is 2.12 bits per heavy atom. The van der Waals surface area contributed by atoms with Crippen molar-refractivity contribution in [1.82, 2.24) is 0 Å². The average molecular weight is 225 g/mol. The highest BCUT2D eigenvalue weighted by Gasteiger charge is 2.12. The molecule has 90 valence electrons. The van der Waals surface area contributed by atoms with Gasteiger partial charge in [0.15, 0.2) is 0 Å². The molecule has 2 N–H and O–H groups in total. The van der Waals surface area contributed by atoms with E-state index in [1.807, 2.05) is 6.07 Å². The fourth-order valence-corrected chi connectivity index (χ4v) is 1.76. The molecule has 1 aromatic carbocycles. The summed E-state index contributed by atoms with van der Waals surface area (Å²) in [6, 6.07) is 5.06. The van der Waals surface area contributed by atoms with E-state index in [0.29, 0.717) is 18.1 Å². The summed E-state index contributed by atoms with van der Waals surface area (Å²) in [5, 5.41) is 0. The number of halogens is 1. The molecule has 2 atom stereocenters. The summed E-state index contributed by atoms with van der Waals surface area (Å²) >= 11 is 0. The average Bonchev–Trinajstić information content (AvgIpc) is 2.22. The third kappa shape index (κ3) is 3.58. The van der Waals surface area contributed by atoms with Crippen LogP contribution in [0.15, 0.2) is 18.2 Å². The molecule has 0 aliphatic carbocycles. The molecule has 0 saturated carbocycles. The smallest absolute Gasteiger partial charge is 0.126 e. The van der Waals surface area contributed by atoms with Crippen LogP contribution in [0.1, 0.15) is 30.5 Å². The van der Waals surface area contributed by atoms with Crippen LogP contribution in [0, 0.1) is 18.7 Å². The molecule has 0 heterocycles. The van der Waals surface area contributed by atoms with Crippen molar-refractivity contribution in [2.45, 2.75) is 26.3 Å². The minimum Gasteiger partial charge on any atom is -0.384 e. The second-order valence-corrected chi connectivity index (χ2v) is 4.41. The highest BCUT2D eigenvalue weighted by molar-refractivity contribution is 5.25. The van der Waals surface area contributed by atoms with Gasteiger partial charge in [0, 0.05) is 19.8 Å². The Kier molecular flexibility index (Phi) is 4.90. The van der Waals surface area contributed by atoms with Crippen molar-refractivity contribution in [2.24, 2.45) is 11.7 Å². The van der Waals surface area contributed by atoms with E-state index in [4.69, 9.17) is 10.5 Å². The second-order valence-electron chi connectivity index (χ2n) is 4.41. The van der Waals surface area contributed by atoms with Gasteiger partial charge in [0.2, 0.25) is 0 Å². The molecule has 0 fully saturated rings. The fraction of sp³-hybridized carbons (Fsp3) is 0.538. The number of ether oxygens (including phenoxy) is 1. The van der Waals surface area contributed by atoms with Gasteiger partial charge in [-0.3, -0.25) is 0 Å². The lowest BCUT2D eigenvalue weighted by molar-refractivity contribution is 0.152. The summed E-state index contributed by atoms with van der Waals surface area (Å²) in [6.07, 6.45) is 0.802. The molecule has 0 aliphatic rings. The lowest BCUT2D eigenvalue weighted by Gasteiger charge is -2.17. The van der Waals surface area contributed by atoms with Crippen LogP contribution < -0.4 is 5.73 Å². The SMILES string of the molecule is COCC(C)CC(N)c1ccc(C)c(F)c1. The molecular formula is C13H20FNO. The van der Waals surface area contributed by atoms with Gasteiger partial charge in [0.25, 0.3) is 0 Å². The molecule has 0 radical (unpaired) electrons. The van der Waals surface area contributed by atoms with Crippen LogP contribution in [-0.2, 0) is 4.74 Å². The Morgan fingerprint density at radius 3 is 2.69 bits per heavy atom. The zero-order chi connectivity index (χ0) is 12.1. The molecule has 0 bridgehead atoms. The number of methoxy groups -OCH3 is 1. The zero-order valence-corrected chi connectivity index (χ0v) is 10.2. The maximum absolute atomic E-state index is 13.3. The molecule has 0 saturated heterocycles. The monoisotopic (exact) mass is 225 g/mol. The van der Waals surface area contributed by atoms with Gasteiger partial charge in [-0.05, 0) is 36.5 Å². The first-order valence-electron chi connectivity index (χ1n) is 5.55. The van der Waals surface area contributed by atoms with Crippen LogP contribution in [0.25, 0.3) is 0 Å². The molecule has 1 aromatic rings. The highest BCUT2D eigenvalue weighted by atomic mass is 19.1. The van der Waals surface area contributed by atoms with E-state index in [-0.39, 0.29) is 11.9 Å². The van der Waals surface area contributed by atoms with Crippen molar-refractivity contribution in [3.05, 3.63) is 35.1 Å². The Labute approximate surface area is 96.6 Å². The van der Waals surface area contributed by atoms with Gasteiger partial charge in [0.05, 0.1) is 0 Å². The number of hydrogen-bond donors (Lipinski definition) is 1. The Morgan fingerprint density at radius 1 is 1.44 bits per heavy atom. The van der Waals surface area contributed by atoms with Crippen LogP contribution in [0.3, 0.4) is 0 Å². The normalized spacial score (nSPS) is 14.8. The molecule has 0 amide bonds. The van der Waals surface area contributed by atoms with Crippen molar-refractivity contribution < 1.29 is 9.13 Å². The standard InChI is InChI=1S/C13H20FNO/c1-9(8-16-3)6-13(15)11-5-4-10(2)12(14)7-11/h4-5,7,9,13H,6,8,15H2,1-3H3. The minimum absolute atomic E-state index is 0.125. The lowest BCUT2D eigenvalue weighted by atomic mass is 9.96. The summed E-state index contributed by atoms with van der Waals surface area (Å²) < 4.78 is 18.4. The van der Waals surface area contributed by atoms with Crippen molar-refractivity contribution in [1.29, 1.82) is 0 Å². The third-order valence-corrected chi connectivity index (χ3v) is 2.73. The molecule has 0 aromatic heterocycles. The van der Waals surface area contributed by atoms with Gasteiger partial charge in [-0.15, -0.1) is 0 Å². The molecule has 0 spiro atoms. The molecule has 1 rings (SSSR count). The van der Waals surface area contributed by atoms with Crippen LogP contribution in [-0.4, -0.2) is 13.7 Å². The number of rotatable bonds is 5. The summed E-state index contributed by atoms with van der Waals surface area (Å²) in [4.78, 5) is 0. The van der Waals surface area contributed by atoms with Crippen LogP contribution >= 0.6 is 0 Å². The number of aryl methyl sites for hydroxylation is 1. The predicted octanol–water partition coefficient (Wildman–Crippen LogP) is 2.81. The van der Waals surface area contributed by atoms with E-state index < -0.39 is 0 Å². The first-order chi connectivity index (χ1) is 7.54. The topological polar surface area (TPSA) is 35.2 Å². The zero-order valence-electron chi connectivity index (χ0n) is 10.2.